The summed E-state index contributed by atoms with van der Waals surface area (Å²) in [6, 6.07) is 8.98. The minimum Gasteiger partial charge on any atom is -0.361 e. The number of pyridine rings is 1. The number of benzene rings is 1. The largest absolute Gasteiger partial charge is 0.361 e. The van der Waals surface area contributed by atoms with E-state index in [0.29, 0.717) is 11.8 Å². The maximum Gasteiger partial charge on any atom is 0.123 e. The molecule has 22 heavy (non-hydrogen) atoms. The van der Waals surface area contributed by atoms with E-state index in [1.807, 2.05) is 24.5 Å². The van der Waals surface area contributed by atoms with Crippen molar-refractivity contribution in [3.8, 4) is 0 Å². The van der Waals surface area contributed by atoms with Gasteiger partial charge in [0.05, 0.1) is 0 Å². The molecule has 3 aromatic rings. The first-order chi connectivity index (χ1) is 10.8. The van der Waals surface area contributed by atoms with Gasteiger partial charge in [0.2, 0.25) is 0 Å². The number of hydrogen-bond donors (Lipinski definition) is 2. The van der Waals surface area contributed by atoms with Crippen molar-refractivity contribution in [3.05, 3.63) is 65.9 Å². The second-order valence-corrected chi connectivity index (χ2v) is 6.03. The monoisotopic (exact) mass is 295 g/mol. The molecule has 0 spiro atoms. The average molecular weight is 295 g/mol. The van der Waals surface area contributed by atoms with E-state index >= 15 is 0 Å². The Hall–Kier alpha value is -2.20. The number of aromatic nitrogens is 2. The van der Waals surface area contributed by atoms with Gasteiger partial charge in [-0.2, -0.15) is 0 Å². The van der Waals surface area contributed by atoms with Crippen LogP contribution in [0.3, 0.4) is 0 Å². The van der Waals surface area contributed by atoms with Gasteiger partial charge in [0, 0.05) is 36.0 Å². The van der Waals surface area contributed by atoms with Gasteiger partial charge < -0.3 is 10.3 Å². The molecule has 1 fully saturated rings. The molecular weight excluding hydrogens is 277 g/mol. The summed E-state index contributed by atoms with van der Waals surface area (Å²) in [5, 5.41) is 4.52. The van der Waals surface area contributed by atoms with Crippen molar-refractivity contribution in [2.45, 2.75) is 18.9 Å². The number of nitrogens with one attached hydrogen (secondary N) is 2. The number of H-pyrrole nitrogens is 1. The molecule has 0 radical (unpaired) electrons. The van der Waals surface area contributed by atoms with Crippen molar-refractivity contribution in [2.75, 3.05) is 6.54 Å². The van der Waals surface area contributed by atoms with Gasteiger partial charge in [-0.05, 0) is 60.2 Å². The minimum atomic E-state index is -0.166. The van der Waals surface area contributed by atoms with E-state index in [0.717, 1.165) is 24.0 Å². The van der Waals surface area contributed by atoms with Gasteiger partial charge in [-0.15, -0.1) is 0 Å². The van der Waals surface area contributed by atoms with Crippen molar-refractivity contribution < 1.29 is 4.39 Å². The number of nitrogens with zero attached hydrogens (tertiary/aromatic N) is 1. The molecule has 2 atom stereocenters. The lowest BCUT2D eigenvalue weighted by molar-refractivity contribution is 0.625. The van der Waals surface area contributed by atoms with Crippen LogP contribution in [0, 0.1) is 11.7 Å². The highest BCUT2D eigenvalue weighted by Crippen LogP contribution is 2.49. The molecule has 0 bridgehead atoms. The fourth-order valence-electron chi connectivity index (χ4n) is 3.18. The summed E-state index contributed by atoms with van der Waals surface area (Å²) in [5.41, 5.74) is 3.47. The van der Waals surface area contributed by atoms with Gasteiger partial charge in [0.25, 0.3) is 0 Å². The van der Waals surface area contributed by atoms with Gasteiger partial charge >= 0.3 is 0 Å². The Bertz CT molecular complexity index is 781. The van der Waals surface area contributed by atoms with Gasteiger partial charge in [-0.3, -0.25) is 4.98 Å². The van der Waals surface area contributed by atoms with Crippen LogP contribution in [-0.4, -0.2) is 16.5 Å². The second-order valence-electron chi connectivity index (χ2n) is 6.03. The van der Waals surface area contributed by atoms with Crippen molar-refractivity contribution in [3.63, 3.8) is 0 Å². The third-order valence-electron chi connectivity index (χ3n) is 4.46. The highest BCUT2D eigenvalue weighted by molar-refractivity contribution is 5.84. The van der Waals surface area contributed by atoms with Gasteiger partial charge in [0.1, 0.15) is 5.82 Å². The highest BCUT2D eigenvalue weighted by atomic mass is 19.1. The fourth-order valence-corrected chi connectivity index (χ4v) is 3.18. The first-order valence-corrected chi connectivity index (χ1v) is 7.67. The van der Waals surface area contributed by atoms with Crippen LogP contribution in [0.4, 0.5) is 4.39 Å². The molecule has 2 N–H and O–H groups in total. The van der Waals surface area contributed by atoms with E-state index < -0.39 is 0 Å². The van der Waals surface area contributed by atoms with Crippen molar-refractivity contribution in [1.82, 2.24) is 15.3 Å². The smallest absolute Gasteiger partial charge is 0.123 e. The Labute approximate surface area is 128 Å². The predicted octanol–water partition coefficient (Wildman–Crippen LogP) is 3.60. The third-order valence-corrected chi connectivity index (χ3v) is 4.46. The van der Waals surface area contributed by atoms with Gasteiger partial charge in [-0.1, -0.05) is 6.07 Å². The molecule has 1 aliphatic rings. The van der Waals surface area contributed by atoms with E-state index in [9.17, 15) is 4.39 Å². The molecule has 0 saturated heterocycles. The molecular formula is C18H18FN3. The Balaban J connectivity index is 1.38. The molecule has 4 heteroatoms. The number of halogens is 1. The van der Waals surface area contributed by atoms with E-state index in [4.69, 9.17) is 0 Å². The highest BCUT2D eigenvalue weighted by Gasteiger charge is 2.39. The Kier molecular flexibility index (Phi) is 3.39. The molecule has 112 valence electrons. The van der Waals surface area contributed by atoms with Crippen LogP contribution < -0.4 is 5.32 Å². The van der Waals surface area contributed by atoms with Crippen LogP contribution in [-0.2, 0) is 6.54 Å². The predicted molar refractivity (Wildman–Crippen MR) is 85.0 cm³/mol. The zero-order valence-electron chi connectivity index (χ0n) is 12.2. The van der Waals surface area contributed by atoms with Crippen molar-refractivity contribution in [2.24, 2.45) is 5.92 Å². The average Bonchev–Trinajstić information content (AvgIpc) is 3.18. The quantitative estimate of drug-likeness (QED) is 0.755. The van der Waals surface area contributed by atoms with Crippen molar-refractivity contribution >= 4 is 10.9 Å². The maximum atomic E-state index is 13.4. The van der Waals surface area contributed by atoms with Crippen LogP contribution in [0.25, 0.3) is 10.9 Å². The first kappa shape index (κ1) is 13.5. The van der Waals surface area contributed by atoms with E-state index in [1.54, 1.807) is 12.3 Å². The molecule has 0 amide bonds. The standard InChI is InChI=1S/C18H18FN3/c19-14-3-4-18-16(7-14)17(11-22-18)15-6-13(15)10-21-9-12-2-1-5-20-8-12/h1-5,7-8,11,13,15,21-22H,6,9-10H2/t13-,15+/m0/s1. The summed E-state index contributed by atoms with van der Waals surface area (Å²) in [6.07, 6.45) is 6.88. The molecule has 4 rings (SSSR count). The number of rotatable bonds is 5. The first-order valence-electron chi connectivity index (χ1n) is 7.67. The molecule has 1 aliphatic carbocycles. The molecule has 1 saturated carbocycles. The topological polar surface area (TPSA) is 40.7 Å². The van der Waals surface area contributed by atoms with E-state index in [1.165, 1.54) is 23.6 Å². The van der Waals surface area contributed by atoms with E-state index in [-0.39, 0.29) is 5.82 Å². The lowest BCUT2D eigenvalue weighted by Crippen LogP contribution is -2.16. The van der Waals surface area contributed by atoms with Gasteiger partial charge in [0.15, 0.2) is 0 Å². The number of hydrogen-bond acceptors (Lipinski definition) is 2. The number of aromatic amines is 1. The Morgan fingerprint density at radius 2 is 2.27 bits per heavy atom. The summed E-state index contributed by atoms with van der Waals surface area (Å²) in [4.78, 5) is 7.36. The summed E-state index contributed by atoms with van der Waals surface area (Å²) in [7, 11) is 0. The second kappa shape index (κ2) is 5.54. The zero-order chi connectivity index (χ0) is 14.9. The molecule has 3 nitrogen and oxygen atoms in total. The van der Waals surface area contributed by atoms with Crippen LogP contribution in [0.2, 0.25) is 0 Å². The summed E-state index contributed by atoms with van der Waals surface area (Å²) < 4.78 is 13.4. The molecule has 2 aromatic heterocycles. The van der Waals surface area contributed by atoms with Crippen molar-refractivity contribution in [1.29, 1.82) is 0 Å². The summed E-state index contributed by atoms with van der Waals surface area (Å²) >= 11 is 0. The molecule has 0 unspecified atom stereocenters. The van der Waals surface area contributed by atoms with Gasteiger partial charge in [-0.25, -0.2) is 4.39 Å². The Morgan fingerprint density at radius 1 is 1.32 bits per heavy atom. The van der Waals surface area contributed by atoms with Crippen LogP contribution >= 0.6 is 0 Å². The normalized spacial score (nSPS) is 20.4. The zero-order valence-corrected chi connectivity index (χ0v) is 12.2. The fraction of sp³-hybridized carbons (Fsp3) is 0.278. The third kappa shape index (κ3) is 2.62. The SMILES string of the molecule is Fc1ccc2[nH]cc([C@@H]3C[C@H]3CNCc3cccnc3)c2c1. The van der Waals surface area contributed by atoms with Crippen LogP contribution in [0.1, 0.15) is 23.5 Å². The Morgan fingerprint density at radius 3 is 3.14 bits per heavy atom. The minimum absolute atomic E-state index is 0.166. The molecule has 1 aromatic carbocycles. The maximum absolute atomic E-state index is 13.4. The van der Waals surface area contributed by atoms with Crippen LogP contribution in [0.5, 0.6) is 0 Å². The summed E-state index contributed by atoms with van der Waals surface area (Å²) in [5.74, 6) is 1.01. The summed E-state index contributed by atoms with van der Waals surface area (Å²) in [6.45, 7) is 1.83. The lowest BCUT2D eigenvalue weighted by Gasteiger charge is -2.04. The molecule has 0 aliphatic heterocycles. The lowest BCUT2D eigenvalue weighted by atomic mass is 10.1. The van der Waals surface area contributed by atoms with E-state index in [2.05, 4.69) is 21.4 Å². The molecule has 2 heterocycles. The van der Waals surface area contributed by atoms with Crippen LogP contribution in [0.15, 0.2) is 48.9 Å². The number of fused-ring (bicyclic) bond motifs is 1.